The lowest BCUT2D eigenvalue weighted by atomic mass is 10.3. The summed E-state index contributed by atoms with van der Waals surface area (Å²) in [5.74, 6) is -0.223. The van der Waals surface area contributed by atoms with Gasteiger partial charge in [0.05, 0.1) is 28.1 Å². The molecule has 1 aliphatic heterocycles. The van der Waals surface area contributed by atoms with Gasteiger partial charge in [0, 0.05) is 19.6 Å². The van der Waals surface area contributed by atoms with Crippen molar-refractivity contribution in [3.05, 3.63) is 35.9 Å². The third-order valence-electron chi connectivity index (χ3n) is 3.91. The van der Waals surface area contributed by atoms with Crippen LogP contribution in [0.3, 0.4) is 0 Å². The smallest absolute Gasteiger partial charge is 0.186 e. The third-order valence-corrected chi connectivity index (χ3v) is 4.99. The topological polar surface area (TPSA) is 72.9 Å². The Morgan fingerprint density at radius 2 is 2.32 bits per heavy atom. The van der Waals surface area contributed by atoms with Crippen LogP contribution in [0.25, 0.3) is 10.2 Å². The Labute approximate surface area is 130 Å². The molecule has 4 rings (SSSR count). The van der Waals surface area contributed by atoms with Gasteiger partial charge in [-0.25, -0.2) is 14.1 Å². The highest BCUT2D eigenvalue weighted by molar-refractivity contribution is 7.22. The maximum atomic E-state index is 13.3. The van der Waals surface area contributed by atoms with E-state index >= 15 is 0 Å². The van der Waals surface area contributed by atoms with Crippen molar-refractivity contribution in [2.75, 3.05) is 18.0 Å². The molecule has 2 N–H and O–H groups in total. The molecule has 0 aliphatic carbocycles. The number of hydrogen-bond donors (Lipinski definition) is 1. The van der Waals surface area contributed by atoms with E-state index in [1.807, 2.05) is 10.9 Å². The summed E-state index contributed by atoms with van der Waals surface area (Å²) in [7, 11) is 0. The summed E-state index contributed by atoms with van der Waals surface area (Å²) in [5, 5.41) is 9.11. The van der Waals surface area contributed by atoms with Crippen molar-refractivity contribution in [2.45, 2.75) is 19.0 Å². The number of nitrogens with two attached hydrogens (primary N) is 1. The first-order chi connectivity index (χ1) is 10.7. The molecule has 1 atom stereocenters. The van der Waals surface area contributed by atoms with Crippen molar-refractivity contribution in [3.8, 4) is 0 Å². The van der Waals surface area contributed by atoms with Crippen molar-refractivity contribution in [1.82, 2.24) is 20.0 Å². The van der Waals surface area contributed by atoms with Crippen molar-refractivity contribution in [3.63, 3.8) is 0 Å². The van der Waals surface area contributed by atoms with Gasteiger partial charge in [-0.1, -0.05) is 16.6 Å². The van der Waals surface area contributed by atoms with Gasteiger partial charge >= 0.3 is 0 Å². The van der Waals surface area contributed by atoms with E-state index in [2.05, 4.69) is 20.2 Å². The standard InChI is InChI=1S/C14H15FN6S/c15-9-1-2-12-13(5-9)22-14(17-12)20-4-3-11(8-20)21-7-10(6-16)18-19-21/h1-2,5,7,11H,3-4,6,8,16H2. The zero-order valence-corrected chi connectivity index (χ0v) is 12.6. The van der Waals surface area contributed by atoms with Crippen LogP contribution in [-0.2, 0) is 6.54 Å². The molecule has 0 radical (unpaired) electrons. The fourth-order valence-electron chi connectivity index (χ4n) is 2.74. The molecule has 1 aromatic carbocycles. The highest BCUT2D eigenvalue weighted by Gasteiger charge is 2.27. The molecular formula is C14H15FN6S. The Kier molecular flexibility index (Phi) is 3.27. The zero-order chi connectivity index (χ0) is 15.1. The molecule has 114 valence electrons. The van der Waals surface area contributed by atoms with Crippen LogP contribution in [0.2, 0.25) is 0 Å². The lowest BCUT2D eigenvalue weighted by Gasteiger charge is -2.14. The van der Waals surface area contributed by atoms with Crippen molar-refractivity contribution >= 4 is 26.7 Å². The summed E-state index contributed by atoms with van der Waals surface area (Å²) in [6.45, 7) is 2.14. The first kappa shape index (κ1) is 13.6. The molecule has 3 heterocycles. The van der Waals surface area contributed by atoms with Crippen LogP contribution in [0.1, 0.15) is 18.2 Å². The Morgan fingerprint density at radius 3 is 3.14 bits per heavy atom. The van der Waals surface area contributed by atoms with Crippen molar-refractivity contribution in [1.29, 1.82) is 0 Å². The summed E-state index contributed by atoms with van der Waals surface area (Å²) in [5.41, 5.74) is 7.21. The molecular weight excluding hydrogens is 303 g/mol. The minimum absolute atomic E-state index is 0.223. The lowest BCUT2D eigenvalue weighted by molar-refractivity contribution is 0.479. The molecule has 0 saturated carbocycles. The number of fused-ring (bicyclic) bond motifs is 1. The van der Waals surface area contributed by atoms with E-state index in [4.69, 9.17) is 5.73 Å². The van der Waals surface area contributed by atoms with Crippen LogP contribution >= 0.6 is 11.3 Å². The van der Waals surface area contributed by atoms with Gasteiger partial charge in [0.25, 0.3) is 0 Å². The van der Waals surface area contributed by atoms with E-state index in [9.17, 15) is 4.39 Å². The number of anilines is 1. The maximum absolute atomic E-state index is 13.3. The summed E-state index contributed by atoms with van der Waals surface area (Å²) < 4.78 is 16.0. The molecule has 0 bridgehead atoms. The second kappa shape index (κ2) is 5.29. The predicted molar refractivity (Wildman–Crippen MR) is 83.4 cm³/mol. The fraction of sp³-hybridized carbons (Fsp3) is 0.357. The SMILES string of the molecule is NCc1cn(C2CCN(c3nc4ccc(F)cc4s3)C2)nn1. The predicted octanol–water partition coefficient (Wildman–Crippen LogP) is 1.94. The van der Waals surface area contributed by atoms with Crippen LogP contribution < -0.4 is 10.6 Å². The average Bonchev–Trinajstić information content (AvgIpc) is 3.24. The van der Waals surface area contributed by atoms with E-state index in [1.54, 1.807) is 6.07 Å². The molecule has 1 fully saturated rings. The summed E-state index contributed by atoms with van der Waals surface area (Å²) in [4.78, 5) is 6.82. The molecule has 2 aromatic heterocycles. The van der Waals surface area contributed by atoms with Crippen LogP contribution in [-0.4, -0.2) is 33.1 Å². The quantitative estimate of drug-likeness (QED) is 0.799. The number of hydrogen-bond acceptors (Lipinski definition) is 6. The Morgan fingerprint density at radius 1 is 1.41 bits per heavy atom. The number of aromatic nitrogens is 4. The summed E-state index contributed by atoms with van der Waals surface area (Å²) >= 11 is 1.53. The van der Waals surface area contributed by atoms with E-state index in [0.29, 0.717) is 6.54 Å². The third kappa shape index (κ3) is 2.34. The van der Waals surface area contributed by atoms with Gasteiger partial charge < -0.3 is 10.6 Å². The van der Waals surface area contributed by atoms with Gasteiger partial charge in [-0.05, 0) is 24.6 Å². The van der Waals surface area contributed by atoms with Gasteiger partial charge in [0.15, 0.2) is 5.13 Å². The average molecular weight is 318 g/mol. The number of nitrogens with zero attached hydrogens (tertiary/aromatic N) is 5. The zero-order valence-electron chi connectivity index (χ0n) is 11.8. The van der Waals surface area contributed by atoms with E-state index in [-0.39, 0.29) is 11.9 Å². The number of rotatable bonds is 3. The maximum Gasteiger partial charge on any atom is 0.186 e. The first-order valence-electron chi connectivity index (χ1n) is 7.15. The number of thiazole rings is 1. The fourth-order valence-corrected chi connectivity index (χ4v) is 3.76. The van der Waals surface area contributed by atoms with E-state index in [0.717, 1.165) is 40.6 Å². The second-order valence-corrected chi connectivity index (χ2v) is 6.40. The number of halogens is 1. The Hall–Kier alpha value is -2.06. The highest BCUT2D eigenvalue weighted by atomic mass is 32.1. The molecule has 22 heavy (non-hydrogen) atoms. The normalized spacial score (nSPS) is 18.5. The molecule has 3 aromatic rings. The van der Waals surface area contributed by atoms with Gasteiger partial charge in [0.1, 0.15) is 5.82 Å². The van der Waals surface area contributed by atoms with Gasteiger partial charge in [-0.2, -0.15) is 0 Å². The van der Waals surface area contributed by atoms with Crippen LogP contribution in [0, 0.1) is 5.82 Å². The van der Waals surface area contributed by atoms with Crippen LogP contribution in [0.4, 0.5) is 9.52 Å². The molecule has 1 saturated heterocycles. The van der Waals surface area contributed by atoms with Gasteiger partial charge in [-0.3, -0.25) is 0 Å². The lowest BCUT2D eigenvalue weighted by Crippen LogP contribution is -2.20. The minimum atomic E-state index is -0.223. The van der Waals surface area contributed by atoms with Gasteiger partial charge in [-0.15, -0.1) is 5.10 Å². The second-order valence-electron chi connectivity index (χ2n) is 5.39. The van der Waals surface area contributed by atoms with Crippen molar-refractivity contribution < 1.29 is 4.39 Å². The molecule has 8 heteroatoms. The monoisotopic (exact) mass is 318 g/mol. The van der Waals surface area contributed by atoms with Gasteiger partial charge in [0.2, 0.25) is 0 Å². The molecule has 0 amide bonds. The minimum Gasteiger partial charge on any atom is -0.346 e. The Bertz CT molecular complexity index is 813. The van der Waals surface area contributed by atoms with E-state index in [1.165, 1.54) is 23.5 Å². The highest BCUT2D eigenvalue weighted by Crippen LogP contribution is 2.33. The summed E-state index contributed by atoms with van der Waals surface area (Å²) in [6, 6.07) is 4.98. The summed E-state index contributed by atoms with van der Waals surface area (Å²) in [6.07, 6.45) is 2.89. The molecule has 0 spiro atoms. The molecule has 6 nitrogen and oxygen atoms in total. The van der Waals surface area contributed by atoms with Crippen LogP contribution in [0.5, 0.6) is 0 Å². The first-order valence-corrected chi connectivity index (χ1v) is 7.96. The molecule has 1 unspecified atom stereocenters. The number of benzene rings is 1. The van der Waals surface area contributed by atoms with Crippen LogP contribution in [0.15, 0.2) is 24.4 Å². The Balaban J connectivity index is 1.56. The van der Waals surface area contributed by atoms with Crippen molar-refractivity contribution in [2.24, 2.45) is 5.73 Å². The molecule has 1 aliphatic rings. The van der Waals surface area contributed by atoms with E-state index < -0.39 is 0 Å². The largest absolute Gasteiger partial charge is 0.346 e.